The topological polar surface area (TPSA) is 126 Å². The Morgan fingerprint density at radius 2 is 0.680 bits per heavy atom. The molecule has 2 aliphatic carbocycles. The first kappa shape index (κ1) is 92.8. The van der Waals surface area contributed by atoms with Crippen molar-refractivity contribution in [3.8, 4) is 12.1 Å². The van der Waals surface area contributed by atoms with Crippen molar-refractivity contribution in [3.63, 3.8) is 0 Å². The number of nitriles is 2. The van der Waals surface area contributed by atoms with Gasteiger partial charge in [0.1, 0.15) is 0 Å². The first-order valence-corrected chi connectivity index (χ1v) is 52.4. The second kappa shape index (κ2) is 44.6. The number of aryl methyl sites for hydroxylation is 2. The van der Waals surface area contributed by atoms with E-state index in [4.69, 9.17) is 21.1 Å². The summed E-state index contributed by atoms with van der Waals surface area (Å²) in [6, 6.07) is 15.2. The molecule has 0 radical (unpaired) electrons. The Bertz CT molecular complexity index is 5850. The van der Waals surface area contributed by atoms with Crippen molar-refractivity contribution in [2.45, 2.75) is 337 Å². The summed E-state index contributed by atoms with van der Waals surface area (Å²) in [5, 5.41) is 25.5. The van der Waals surface area contributed by atoms with Crippen LogP contribution >= 0.6 is 45.3 Å². The zero-order chi connectivity index (χ0) is 87.6. The van der Waals surface area contributed by atoms with Gasteiger partial charge in [-0.2, -0.15) is 0 Å². The van der Waals surface area contributed by atoms with Crippen LogP contribution in [0.1, 0.15) is 364 Å². The van der Waals surface area contributed by atoms with Gasteiger partial charge < -0.3 is 0 Å². The standard InChI is InChI=1S/C106H122F4N8O2S4Se/c1-9-15-21-27-31-33-35-39-45-51-73-87(61-79-89(85(63-111)113-7)75-53-69-57-81(107)83(109)59-71(69)55-77(75)99(79)119)121-105-97-103(123-101(73)105)91-93-94(116-125-115-93)92-96(95(91)117(97)65-67(47-41-25-19-13-5)49-43-37-29-23-17-11-3)118(66-68(48-42-26-20-14-6)50-44-38-30-24-18-12-4)98-104(92)124-102-74(52-46-40-36-34-32-28-22-16-10-2)88(122-106(98)102)62-80-90(86(64-112)114-8)76-54-70-58-82(108)84(110)60-72(70)56-78(76)100(80)120/h53-62,67-68H,9-52,65-66H2,1-6H3/b79-61-,80-62-,89-85-,90-86+. The first-order chi connectivity index (χ1) is 61.2. The Morgan fingerprint density at radius 1 is 0.392 bits per heavy atom. The van der Waals surface area contributed by atoms with E-state index in [1.807, 2.05) is 34.8 Å². The molecule has 2 atom stereocenters. The van der Waals surface area contributed by atoms with Crippen LogP contribution in [0.4, 0.5) is 17.6 Å². The number of benzene rings is 5. The molecule has 7 heterocycles. The molecule has 0 saturated carbocycles. The van der Waals surface area contributed by atoms with Crippen molar-refractivity contribution in [1.82, 2.24) is 17.1 Å². The molecule has 0 aliphatic heterocycles. The smallest absolute Gasteiger partial charge is 0.204 e. The maximum atomic E-state index is 15.5. The van der Waals surface area contributed by atoms with Crippen molar-refractivity contribution in [2.75, 3.05) is 0 Å². The number of carbonyl (C=O) groups is 2. The van der Waals surface area contributed by atoms with Crippen LogP contribution in [0.25, 0.3) is 127 Å². The summed E-state index contributed by atoms with van der Waals surface area (Å²) >= 11 is 6.64. The normalized spacial score (nSPS) is 15.0. The number of halogens is 4. The number of unbranched alkanes of at least 4 members (excludes halogenated alkanes) is 32. The van der Waals surface area contributed by atoms with Gasteiger partial charge in [0.05, 0.1) is 25.3 Å². The third-order valence-electron chi connectivity index (χ3n) is 26.8. The van der Waals surface area contributed by atoms with Gasteiger partial charge in [-0.15, -0.1) is 0 Å². The predicted molar refractivity (Wildman–Crippen MR) is 522 cm³/mol. The fourth-order valence-corrected chi connectivity index (χ4v) is 27.2. The molecule has 2 aliphatic rings. The zero-order valence-corrected chi connectivity index (χ0v) is 79.4. The maximum absolute atomic E-state index is 15.5. The number of fused-ring (bicyclic) bond motifs is 18. The second-order valence-electron chi connectivity index (χ2n) is 35.8. The molecule has 7 aromatic heterocycles. The van der Waals surface area contributed by atoms with Crippen LogP contribution in [0.15, 0.2) is 71.1 Å². The van der Waals surface area contributed by atoms with Crippen LogP contribution in [0.3, 0.4) is 0 Å². The molecule has 656 valence electrons. The van der Waals surface area contributed by atoms with E-state index in [1.54, 1.807) is 46.9 Å². The Kier molecular flexibility index (Phi) is 33.1. The van der Waals surface area contributed by atoms with Crippen LogP contribution in [-0.2, 0) is 25.9 Å². The van der Waals surface area contributed by atoms with E-state index in [0.717, 1.165) is 231 Å². The minimum atomic E-state index is -1.03. The molecule has 0 N–H and O–H groups in total. The molecule has 2 unspecified atom stereocenters. The van der Waals surface area contributed by atoms with Crippen molar-refractivity contribution >= 4 is 189 Å². The van der Waals surface area contributed by atoms with Crippen LogP contribution in [0, 0.1) is 70.9 Å². The molecule has 10 nitrogen and oxygen atoms in total. The second-order valence-corrected chi connectivity index (χ2v) is 41.0. The molecule has 5 aromatic carbocycles. The average molecular weight is 1820 g/mol. The van der Waals surface area contributed by atoms with E-state index >= 15 is 27.2 Å². The number of rotatable bonds is 50. The Morgan fingerprint density at radius 3 is 0.984 bits per heavy atom. The summed E-state index contributed by atoms with van der Waals surface area (Å²) in [7, 11) is 0. The Hall–Kier alpha value is -8.36. The summed E-state index contributed by atoms with van der Waals surface area (Å²) in [5.74, 6) is -4.21. The molecule has 0 spiro atoms. The van der Waals surface area contributed by atoms with Gasteiger partial charge >= 0.3 is 477 Å². The molecule has 0 fully saturated rings. The van der Waals surface area contributed by atoms with Gasteiger partial charge in [0.25, 0.3) is 0 Å². The molecule has 125 heavy (non-hydrogen) atoms. The quantitative estimate of drug-likeness (QED) is 0.00933. The summed E-state index contributed by atoms with van der Waals surface area (Å²) in [6.07, 6.45) is 53.9. The van der Waals surface area contributed by atoms with Gasteiger partial charge in [0.2, 0.25) is 0 Å². The first-order valence-electron chi connectivity index (χ1n) is 47.7. The van der Waals surface area contributed by atoms with Gasteiger partial charge in [0.15, 0.2) is 23.3 Å². The third kappa shape index (κ3) is 20.2. The molecule has 0 amide bonds. The number of allylic oxidation sites excluding steroid dienone is 6. The summed E-state index contributed by atoms with van der Waals surface area (Å²) in [4.78, 5) is 40.4. The van der Waals surface area contributed by atoms with Crippen LogP contribution < -0.4 is 0 Å². The molecule has 0 bridgehead atoms. The van der Waals surface area contributed by atoms with Crippen molar-refractivity contribution in [3.05, 3.63) is 160 Å². The molecule has 14 rings (SSSR count). The Balaban J connectivity index is 1.06. The van der Waals surface area contributed by atoms with Crippen molar-refractivity contribution in [2.24, 2.45) is 11.8 Å². The predicted octanol–water partition coefficient (Wildman–Crippen LogP) is 34.0. The molecule has 12 aromatic rings. The molecule has 0 saturated heterocycles. The van der Waals surface area contributed by atoms with Crippen molar-refractivity contribution < 1.29 is 27.2 Å². The van der Waals surface area contributed by atoms with Gasteiger partial charge in [0, 0.05) is 0 Å². The van der Waals surface area contributed by atoms with Gasteiger partial charge in [-0.3, -0.25) is 0 Å². The minimum Gasteiger partial charge on any atom is -0.204 e. The number of carbonyl (C=O) groups excluding carboxylic acids is 2. The minimum absolute atomic E-state index is 0.212. The summed E-state index contributed by atoms with van der Waals surface area (Å²) in [5.41, 5.74) is 10.5. The summed E-state index contributed by atoms with van der Waals surface area (Å²) < 4.78 is 84.5. The van der Waals surface area contributed by atoms with E-state index in [0.29, 0.717) is 44.5 Å². The van der Waals surface area contributed by atoms with Crippen LogP contribution in [0.5, 0.6) is 0 Å². The fourth-order valence-electron chi connectivity index (χ4n) is 20.1. The molecular formula is C106H122F4N8O2S4Se. The van der Waals surface area contributed by atoms with Crippen LogP contribution in [0.2, 0.25) is 0 Å². The van der Waals surface area contributed by atoms with E-state index in [-0.39, 0.29) is 56.4 Å². The molecule has 19 heteroatoms. The van der Waals surface area contributed by atoms with E-state index < -0.39 is 38.2 Å². The SMILES string of the molecule is [C-]#[N+]/C(C#N)=C1\C(=C\c2sc3c(sc4c5c6n[se]nc6c6c7sc8c(CCCCCCCCCCC)c(/C=C9\C(=O)c%10cc%11cc(F)c(F)cc%11cc%10\C9=C(\C#N)[N+]#[C-])sc8c7n(CC(CCCCCC)CCCCCCCC)c6c5n(CC(CCCCCC)CCCCCCCC)c34)c2CCCCCCCCCCC)C(=O)c2cc3cc(F)c(F)cc3cc21. The van der Waals surface area contributed by atoms with E-state index in [9.17, 15) is 10.5 Å². The number of Topliss-reactive ketones (excluding diaryl/α,β-unsaturated/α-hetero) is 2. The number of hydrogen-bond acceptors (Lipinski definition) is 10. The van der Waals surface area contributed by atoms with Gasteiger partial charge in [-0.1, -0.05) is 131 Å². The number of nitrogens with zero attached hydrogens (tertiary/aromatic N) is 8. The van der Waals surface area contributed by atoms with E-state index in [1.165, 1.54) is 182 Å². The van der Waals surface area contributed by atoms with Gasteiger partial charge in [-0.25, -0.2) is 37.8 Å². The summed E-state index contributed by atoms with van der Waals surface area (Å²) in [6.45, 7) is 32.1. The van der Waals surface area contributed by atoms with E-state index in [2.05, 4.69) is 72.5 Å². The van der Waals surface area contributed by atoms with Crippen molar-refractivity contribution in [1.29, 1.82) is 10.5 Å². The fraction of sp³-hybridized carbons (Fsp3) is 0.509. The average Bonchev–Trinajstić information content (AvgIpc) is 1.50. The van der Waals surface area contributed by atoms with Gasteiger partial charge in [-0.05, 0) is 70.1 Å². The number of aromatic nitrogens is 4. The van der Waals surface area contributed by atoms with Crippen LogP contribution in [-0.4, -0.2) is 43.6 Å². The monoisotopic (exact) mass is 1820 g/mol. The number of ketones is 2. The molecular weight excluding hydrogens is 1700 g/mol. The number of hydrogen-bond donors (Lipinski definition) is 0. The third-order valence-corrected chi connectivity index (χ3v) is 33.0. The zero-order valence-electron chi connectivity index (χ0n) is 74.4. The Labute approximate surface area is 759 Å². The number of thiophene rings is 4.